The van der Waals surface area contributed by atoms with Gasteiger partial charge in [-0.15, -0.1) is 0 Å². The van der Waals surface area contributed by atoms with Crippen molar-refractivity contribution in [3.63, 3.8) is 0 Å². The van der Waals surface area contributed by atoms with Crippen LogP contribution < -0.4 is 4.72 Å². The van der Waals surface area contributed by atoms with Gasteiger partial charge in [0, 0.05) is 6.20 Å². The molecular formula is C8H7ClF4N2O2S. The van der Waals surface area contributed by atoms with Crippen molar-refractivity contribution in [2.24, 2.45) is 0 Å². The van der Waals surface area contributed by atoms with Gasteiger partial charge in [0.15, 0.2) is 0 Å². The van der Waals surface area contributed by atoms with E-state index < -0.39 is 39.0 Å². The molecule has 0 radical (unpaired) electrons. The monoisotopic (exact) mass is 306 g/mol. The van der Waals surface area contributed by atoms with E-state index in [1.807, 2.05) is 0 Å². The van der Waals surface area contributed by atoms with Gasteiger partial charge in [-0.1, -0.05) is 11.6 Å². The maximum absolute atomic E-state index is 12.6. The Balaban J connectivity index is 2.88. The van der Waals surface area contributed by atoms with Crippen molar-refractivity contribution < 1.29 is 26.0 Å². The Hall–Kier alpha value is -0.930. The second kappa shape index (κ2) is 5.37. The summed E-state index contributed by atoms with van der Waals surface area (Å²) in [7, 11) is -4.42. The number of halogens is 5. The molecule has 1 aromatic heterocycles. The predicted octanol–water partition coefficient (Wildman–Crippen LogP) is 1.91. The minimum atomic E-state index is -4.46. The first-order chi connectivity index (χ1) is 8.17. The summed E-state index contributed by atoms with van der Waals surface area (Å²) in [6, 6.07) is 2.23. The molecule has 0 saturated carbocycles. The van der Waals surface area contributed by atoms with Crippen LogP contribution in [0.4, 0.5) is 17.6 Å². The maximum atomic E-state index is 12.6. The Labute approximate surface area is 105 Å². The SMILES string of the molecule is O=S(=O)(NCC(F)(F)C(F)F)c1cccnc1Cl. The van der Waals surface area contributed by atoms with Crippen LogP contribution in [0.25, 0.3) is 0 Å². The molecule has 0 bridgehead atoms. The average Bonchev–Trinajstić information content (AvgIpc) is 2.27. The van der Waals surface area contributed by atoms with E-state index >= 15 is 0 Å². The van der Waals surface area contributed by atoms with Crippen LogP contribution in [-0.2, 0) is 10.0 Å². The number of rotatable bonds is 5. The van der Waals surface area contributed by atoms with Crippen LogP contribution in [-0.4, -0.2) is 32.3 Å². The molecule has 0 saturated heterocycles. The first-order valence-electron chi connectivity index (χ1n) is 4.43. The maximum Gasteiger partial charge on any atom is 0.320 e. The number of hydrogen-bond acceptors (Lipinski definition) is 3. The van der Waals surface area contributed by atoms with Crippen LogP contribution >= 0.6 is 11.6 Å². The second-order valence-corrected chi connectivity index (χ2v) is 5.27. The standard InChI is InChI=1S/C8H7ClF4N2O2S/c9-6-5(2-1-3-14-6)18(16,17)15-4-8(12,13)7(10)11/h1-3,7,15H,4H2. The molecule has 10 heteroatoms. The largest absolute Gasteiger partial charge is 0.320 e. The first kappa shape index (κ1) is 15.1. The highest BCUT2D eigenvalue weighted by Gasteiger charge is 2.41. The molecule has 0 aromatic carbocycles. The second-order valence-electron chi connectivity index (χ2n) is 3.18. The number of nitrogens with one attached hydrogen (secondary N) is 1. The van der Waals surface area contributed by atoms with Gasteiger partial charge in [0.25, 0.3) is 0 Å². The van der Waals surface area contributed by atoms with Crippen LogP contribution in [0.15, 0.2) is 23.2 Å². The summed E-state index contributed by atoms with van der Waals surface area (Å²) in [5.74, 6) is -4.46. The van der Waals surface area contributed by atoms with E-state index in [1.165, 1.54) is 17.0 Å². The Morgan fingerprint density at radius 1 is 1.44 bits per heavy atom. The van der Waals surface area contributed by atoms with Gasteiger partial charge in [-0.25, -0.2) is 26.9 Å². The third-order valence-corrected chi connectivity index (χ3v) is 3.68. The number of alkyl halides is 4. The number of hydrogen-bond donors (Lipinski definition) is 1. The van der Waals surface area contributed by atoms with Crippen molar-refractivity contribution in [1.29, 1.82) is 0 Å². The molecule has 102 valence electrons. The summed E-state index contributed by atoms with van der Waals surface area (Å²) in [6.07, 6.45) is -2.78. The van der Waals surface area contributed by atoms with E-state index in [1.54, 1.807) is 0 Å². The molecule has 0 fully saturated rings. The van der Waals surface area contributed by atoms with Crippen molar-refractivity contribution in [1.82, 2.24) is 9.71 Å². The number of pyridine rings is 1. The first-order valence-corrected chi connectivity index (χ1v) is 6.29. The highest BCUT2D eigenvalue weighted by Crippen LogP contribution is 2.23. The number of sulfonamides is 1. The lowest BCUT2D eigenvalue weighted by molar-refractivity contribution is -0.122. The molecule has 1 N–H and O–H groups in total. The normalized spacial score (nSPS) is 13.0. The Kier molecular flexibility index (Phi) is 4.51. The Morgan fingerprint density at radius 3 is 2.56 bits per heavy atom. The summed E-state index contributed by atoms with van der Waals surface area (Å²) >= 11 is 5.46. The third kappa shape index (κ3) is 3.53. The fraction of sp³-hybridized carbons (Fsp3) is 0.375. The molecule has 0 amide bonds. The Morgan fingerprint density at radius 2 is 2.06 bits per heavy atom. The summed E-state index contributed by atoms with van der Waals surface area (Å²) in [5, 5.41) is -0.439. The molecule has 1 aromatic rings. The zero-order chi connectivity index (χ0) is 14.0. The van der Waals surface area contributed by atoms with Crippen molar-refractivity contribution in [3.05, 3.63) is 23.5 Å². The van der Waals surface area contributed by atoms with Crippen molar-refractivity contribution >= 4 is 21.6 Å². The van der Waals surface area contributed by atoms with E-state index in [4.69, 9.17) is 11.6 Å². The fourth-order valence-corrected chi connectivity index (χ4v) is 2.41. The van der Waals surface area contributed by atoms with E-state index in [-0.39, 0.29) is 0 Å². The highest BCUT2D eigenvalue weighted by molar-refractivity contribution is 7.89. The van der Waals surface area contributed by atoms with Crippen LogP contribution in [0.1, 0.15) is 0 Å². The minimum absolute atomic E-state index is 0.439. The van der Waals surface area contributed by atoms with Gasteiger partial charge in [0.2, 0.25) is 10.0 Å². The molecule has 1 rings (SSSR count). The van der Waals surface area contributed by atoms with Crippen LogP contribution in [0.3, 0.4) is 0 Å². The summed E-state index contributed by atoms with van der Waals surface area (Å²) < 4.78 is 73.2. The van der Waals surface area contributed by atoms with Crippen molar-refractivity contribution in [2.75, 3.05) is 6.54 Å². The van der Waals surface area contributed by atoms with Gasteiger partial charge in [0.1, 0.15) is 10.0 Å². The Bertz CT molecular complexity index is 524. The quantitative estimate of drug-likeness (QED) is 0.668. The van der Waals surface area contributed by atoms with Gasteiger partial charge in [-0.2, -0.15) is 8.78 Å². The molecular weight excluding hydrogens is 300 g/mol. The molecule has 0 unspecified atom stereocenters. The topological polar surface area (TPSA) is 59.1 Å². The number of aromatic nitrogens is 1. The highest BCUT2D eigenvalue weighted by atomic mass is 35.5. The van der Waals surface area contributed by atoms with E-state index in [2.05, 4.69) is 4.98 Å². The fourth-order valence-electron chi connectivity index (χ4n) is 0.918. The van der Waals surface area contributed by atoms with Gasteiger partial charge in [-0.3, -0.25) is 0 Å². The van der Waals surface area contributed by atoms with Crippen molar-refractivity contribution in [3.8, 4) is 0 Å². The number of nitrogens with zero attached hydrogens (tertiary/aromatic N) is 1. The van der Waals surface area contributed by atoms with Gasteiger partial charge < -0.3 is 0 Å². The van der Waals surface area contributed by atoms with Crippen molar-refractivity contribution in [2.45, 2.75) is 17.2 Å². The van der Waals surface area contributed by atoms with Gasteiger partial charge >= 0.3 is 12.3 Å². The molecule has 0 aliphatic heterocycles. The molecule has 0 spiro atoms. The minimum Gasteiger partial charge on any atom is -0.243 e. The van der Waals surface area contributed by atoms with Crippen LogP contribution in [0.2, 0.25) is 5.15 Å². The molecule has 4 nitrogen and oxygen atoms in total. The summed E-state index contributed by atoms with van der Waals surface area (Å²) in [5.41, 5.74) is 0. The van der Waals surface area contributed by atoms with Gasteiger partial charge in [0.05, 0.1) is 6.54 Å². The lowest BCUT2D eigenvalue weighted by Crippen LogP contribution is -2.41. The molecule has 18 heavy (non-hydrogen) atoms. The molecule has 0 atom stereocenters. The molecule has 0 aliphatic carbocycles. The smallest absolute Gasteiger partial charge is 0.243 e. The van der Waals surface area contributed by atoms with Crippen LogP contribution in [0.5, 0.6) is 0 Å². The zero-order valence-electron chi connectivity index (χ0n) is 8.58. The van der Waals surface area contributed by atoms with Gasteiger partial charge in [-0.05, 0) is 12.1 Å². The predicted molar refractivity (Wildman–Crippen MR) is 55.4 cm³/mol. The molecule has 0 aliphatic rings. The average molecular weight is 307 g/mol. The lowest BCUT2D eigenvalue weighted by atomic mass is 10.4. The lowest BCUT2D eigenvalue weighted by Gasteiger charge is -2.16. The third-order valence-electron chi connectivity index (χ3n) is 1.83. The summed E-state index contributed by atoms with van der Waals surface area (Å²) in [4.78, 5) is 2.88. The molecule has 1 heterocycles. The zero-order valence-corrected chi connectivity index (χ0v) is 10.2. The van der Waals surface area contributed by atoms with E-state index in [0.29, 0.717) is 0 Å². The van der Waals surface area contributed by atoms with E-state index in [9.17, 15) is 26.0 Å². The van der Waals surface area contributed by atoms with E-state index in [0.717, 1.165) is 6.07 Å². The van der Waals surface area contributed by atoms with Crippen LogP contribution in [0, 0.1) is 0 Å². The summed E-state index contributed by atoms with van der Waals surface area (Å²) in [6.45, 7) is -1.72.